The number of halogens is 1. The highest BCUT2D eigenvalue weighted by atomic mass is 19.1. The number of benzene rings is 1. The quantitative estimate of drug-likeness (QED) is 0.744. The van der Waals surface area contributed by atoms with Crippen LogP contribution in [0.5, 0.6) is 5.75 Å². The second-order valence-corrected chi connectivity index (χ2v) is 6.40. The fraction of sp³-hybridized carbons (Fsp3) is 0.500. The number of rotatable bonds is 4. The van der Waals surface area contributed by atoms with Crippen LogP contribution in [0.3, 0.4) is 0 Å². The van der Waals surface area contributed by atoms with Gasteiger partial charge in [0, 0.05) is 19.1 Å². The predicted molar refractivity (Wildman–Crippen MR) is 88.8 cm³/mol. The highest BCUT2D eigenvalue weighted by Crippen LogP contribution is 2.21. The lowest BCUT2D eigenvalue weighted by Crippen LogP contribution is -2.56. The fourth-order valence-corrected chi connectivity index (χ4v) is 3.29. The zero-order valence-corrected chi connectivity index (χ0v) is 14.5. The largest absolute Gasteiger partial charge is 0.478 e. The summed E-state index contributed by atoms with van der Waals surface area (Å²) in [5, 5.41) is 0. The third kappa shape index (κ3) is 3.85. The Kier molecular flexibility index (Phi) is 5.51. The van der Waals surface area contributed by atoms with Gasteiger partial charge in [-0.1, -0.05) is 12.1 Å². The topological polar surface area (TPSA) is 76.2 Å². The van der Waals surface area contributed by atoms with Crippen molar-refractivity contribution in [3.63, 3.8) is 0 Å². The van der Waals surface area contributed by atoms with Crippen molar-refractivity contribution in [2.24, 2.45) is 0 Å². The van der Waals surface area contributed by atoms with Gasteiger partial charge in [-0.15, -0.1) is 0 Å². The van der Waals surface area contributed by atoms with Crippen molar-refractivity contribution in [1.82, 2.24) is 9.80 Å². The van der Waals surface area contributed by atoms with E-state index in [9.17, 15) is 18.8 Å². The summed E-state index contributed by atoms with van der Waals surface area (Å²) in [6.45, 7) is 2.23. The Morgan fingerprint density at radius 3 is 2.42 bits per heavy atom. The first-order valence-electron chi connectivity index (χ1n) is 8.60. The minimum Gasteiger partial charge on any atom is -0.478 e. The van der Waals surface area contributed by atoms with E-state index in [0.29, 0.717) is 25.9 Å². The number of ether oxygens (including phenoxy) is 2. The number of hydrogen-bond acceptors (Lipinski definition) is 5. The van der Waals surface area contributed by atoms with Crippen LogP contribution in [-0.4, -0.2) is 66.0 Å². The monoisotopic (exact) mass is 364 g/mol. The van der Waals surface area contributed by atoms with Crippen molar-refractivity contribution >= 4 is 17.7 Å². The first-order chi connectivity index (χ1) is 12.5. The van der Waals surface area contributed by atoms with Crippen LogP contribution in [-0.2, 0) is 19.1 Å². The van der Waals surface area contributed by atoms with Gasteiger partial charge in [-0.2, -0.15) is 0 Å². The summed E-state index contributed by atoms with van der Waals surface area (Å²) in [4.78, 5) is 39.2. The molecule has 1 atom stereocenters. The highest BCUT2D eigenvalue weighted by molar-refractivity contribution is 5.98. The Hall–Kier alpha value is -2.48. The van der Waals surface area contributed by atoms with Crippen LogP contribution in [0.25, 0.3) is 0 Å². The Balaban J connectivity index is 1.55. The summed E-state index contributed by atoms with van der Waals surface area (Å²) in [5.74, 6) is -1.39. The molecule has 0 spiro atoms. The molecule has 2 heterocycles. The van der Waals surface area contributed by atoms with Gasteiger partial charge in [-0.3, -0.25) is 19.3 Å². The summed E-state index contributed by atoms with van der Waals surface area (Å²) < 4.78 is 24.0. The lowest BCUT2D eigenvalue weighted by atomic mass is 10.0. The molecular formula is C18H21FN2O5. The van der Waals surface area contributed by atoms with E-state index >= 15 is 0 Å². The number of likely N-dealkylation sites (tertiary alicyclic amines) is 1. The number of carbonyl (C=O) groups is 3. The average Bonchev–Trinajstić information content (AvgIpc) is 2.63. The second-order valence-electron chi connectivity index (χ2n) is 6.40. The van der Waals surface area contributed by atoms with E-state index in [0.717, 1.165) is 0 Å². The summed E-state index contributed by atoms with van der Waals surface area (Å²) in [6.07, 6.45) is 0.195. The molecule has 2 aliphatic rings. The first-order valence-corrected chi connectivity index (χ1v) is 8.60. The van der Waals surface area contributed by atoms with Gasteiger partial charge in [0.1, 0.15) is 13.2 Å². The van der Waals surface area contributed by atoms with Gasteiger partial charge in [0.05, 0.1) is 0 Å². The summed E-state index contributed by atoms with van der Waals surface area (Å²) in [5.41, 5.74) is 0. The van der Waals surface area contributed by atoms with E-state index in [-0.39, 0.29) is 42.7 Å². The molecule has 0 N–H and O–H groups in total. The maximum absolute atomic E-state index is 13.7. The second kappa shape index (κ2) is 7.82. The SMILES string of the molecule is CC(Oc1ccccc1F)C(=O)N1CCC(N2C(=O)COCC2=O)CC1. The van der Waals surface area contributed by atoms with E-state index in [1.165, 1.54) is 17.0 Å². The molecular weight excluding hydrogens is 343 g/mol. The number of amides is 3. The Bertz CT molecular complexity index is 687. The van der Waals surface area contributed by atoms with Crippen LogP contribution in [0.1, 0.15) is 19.8 Å². The number of morpholine rings is 1. The maximum Gasteiger partial charge on any atom is 0.263 e. The molecule has 3 amide bonds. The predicted octanol–water partition coefficient (Wildman–Crippen LogP) is 0.969. The third-order valence-corrected chi connectivity index (χ3v) is 4.62. The summed E-state index contributed by atoms with van der Waals surface area (Å²) in [7, 11) is 0. The number of carbonyl (C=O) groups excluding carboxylic acids is 3. The van der Waals surface area contributed by atoms with Gasteiger partial charge in [0.25, 0.3) is 17.7 Å². The van der Waals surface area contributed by atoms with E-state index in [1.807, 2.05) is 0 Å². The number of para-hydroxylation sites is 1. The van der Waals surface area contributed by atoms with Crippen molar-refractivity contribution < 1.29 is 28.2 Å². The Morgan fingerprint density at radius 2 is 1.81 bits per heavy atom. The average molecular weight is 364 g/mol. The number of nitrogens with zero attached hydrogens (tertiary/aromatic N) is 2. The molecule has 0 radical (unpaired) electrons. The first kappa shape index (κ1) is 18.3. The van der Waals surface area contributed by atoms with Gasteiger partial charge in [-0.05, 0) is 31.9 Å². The highest BCUT2D eigenvalue weighted by Gasteiger charge is 2.36. The minimum atomic E-state index is -0.824. The molecule has 2 fully saturated rings. The maximum atomic E-state index is 13.7. The van der Waals surface area contributed by atoms with E-state index in [4.69, 9.17) is 9.47 Å². The van der Waals surface area contributed by atoms with Crippen molar-refractivity contribution in [3.8, 4) is 5.75 Å². The Labute approximate surface area is 150 Å². The molecule has 2 saturated heterocycles. The summed E-state index contributed by atoms with van der Waals surface area (Å²) in [6, 6.07) is 5.71. The van der Waals surface area contributed by atoms with Crippen molar-refractivity contribution in [1.29, 1.82) is 0 Å². The molecule has 0 aromatic heterocycles. The normalized spacial score (nSPS) is 20.2. The molecule has 1 aromatic carbocycles. The molecule has 26 heavy (non-hydrogen) atoms. The van der Waals surface area contributed by atoms with Gasteiger partial charge in [-0.25, -0.2) is 4.39 Å². The van der Waals surface area contributed by atoms with Gasteiger partial charge >= 0.3 is 0 Å². The minimum absolute atomic E-state index is 0.0350. The van der Waals surface area contributed by atoms with Crippen LogP contribution in [0.15, 0.2) is 24.3 Å². The number of hydrogen-bond donors (Lipinski definition) is 0. The Morgan fingerprint density at radius 1 is 1.19 bits per heavy atom. The van der Waals surface area contributed by atoms with Crippen molar-refractivity contribution in [2.75, 3.05) is 26.3 Å². The van der Waals surface area contributed by atoms with Crippen LogP contribution >= 0.6 is 0 Å². The smallest absolute Gasteiger partial charge is 0.263 e. The molecule has 8 heteroatoms. The van der Waals surface area contributed by atoms with E-state index < -0.39 is 11.9 Å². The molecule has 2 aliphatic heterocycles. The van der Waals surface area contributed by atoms with Crippen molar-refractivity contribution in [3.05, 3.63) is 30.1 Å². The lowest BCUT2D eigenvalue weighted by Gasteiger charge is -2.39. The molecule has 1 unspecified atom stereocenters. The number of imide groups is 1. The lowest BCUT2D eigenvalue weighted by molar-refractivity contribution is -0.162. The van der Waals surface area contributed by atoms with Gasteiger partial charge in [0.15, 0.2) is 17.7 Å². The molecule has 0 saturated carbocycles. The molecule has 7 nitrogen and oxygen atoms in total. The molecule has 0 bridgehead atoms. The third-order valence-electron chi connectivity index (χ3n) is 4.62. The molecule has 3 rings (SSSR count). The van der Waals surface area contributed by atoms with Crippen LogP contribution in [0, 0.1) is 5.82 Å². The van der Waals surface area contributed by atoms with E-state index in [2.05, 4.69) is 0 Å². The fourth-order valence-electron chi connectivity index (χ4n) is 3.29. The van der Waals surface area contributed by atoms with Crippen LogP contribution in [0.2, 0.25) is 0 Å². The standard InChI is InChI=1S/C18H21FN2O5/c1-12(26-15-5-3-2-4-14(15)19)18(24)20-8-6-13(7-9-20)21-16(22)10-25-11-17(21)23/h2-5,12-13H,6-11H2,1H3. The van der Waals surface area contributed by atoms with Gasteiger partial charge < -0.3 is 14.4 Å². The van der Waals surface area contributed by atoms with Crippen LogP contribution < -0.4 is 4.74 Å². The van der Waals surface area contributed by atoms with E-state index in [1.54, 1.807) is 24.0 Å². The van der Waals surface area contributed by atoms with Crippen LogP contribution in [0.4, 0.5) is 4.39 Å². The zero-order chi connectivity index (χ0) is 18.7. The van der Waals surface area contributed by atoms with Gasteiger partial charge in [0.2, 0.25) is 0 Å². The zero-order valence-electron chi connectivity index (χ0n) is 14.5. The van der Waals surface area contributed by atoms with Crippen molar-refractivity contribution in [2.45, 2.75) is 31.9 Å². The summed E-state index contributed by atoms with van der Waals surface area (Å²) >= 11 is 0. The molecule has 1 aromatic rings. The number of piperidine rings is 1. The molecule has 140 valence electrons. The molecule has 0 aliphatic carbocycles.